The molecular weight excluding hydrogens is 158 g/mol. The number of hydrogen-bond acceptors (Lipinski definition) is 0. The van der Waals surface area contributed by atoms with Gasteiger partial charge in [0.25, 0.3) is 0 Å². The summed E-state index contributed by atoms with van der Waals surface area (Å²) in [6.45, 7) is 3.43. The molecule has 0 spiro atoms. The molecule has 0 N–H and O–H groups in total. The summed E-state index contributed by atoms with van der Waals surface area (Å²) in [5.41, 5.74) is 2.86. The molecule has 0 atom stereocenters. The van der Waals surface area contributed by atoms with Crippen molar-refractivity contribution in [2.24, 2.45) is 0 Å². The van der Waals surface area contributed by atoms with Crippen LogP contribution in [0.5, 0.6) is 0 Å². The zero-order valence-electron chi connectivity index (χ0n) is 8.16. The van der Waals surface area contributed by atoms with Gasteiger partial charge in [0.1, 0.15) is 6.54 Å². The Kier molecular flexibility index (Phi) is 2.44. The third-order valence-electron chi connectivity index (χ3n) is 2.70. The van der Waals surface area contributed by atoms with Gasteiger partial charge in [-0.3, -0.25) is 0 Å². The Morgan fingerprint density at radius 3 is 2.54 bits per heavy atom. The van der Waals surface area contributed by atoms with Crippen LogP contribution in [0.3, 0.4) is 0 Å². The fraction of sp³-hybridized carbons (Fsp3) is 0.417. The minimum absolute atomic E-state index is 1.19. The Balaban J connectivity index is 2.35. The first-order chi connectivity index (χ1) is 6.38. The maximum absolute atomic E-state index is 2.43. The topological polar surface area (TPSA) is 3.01 Å². The summed E-state index contributed by atoms with van der Waals surface area (Å²) in [4.78, 5) is 0. The van der Waals surface area contributed by atoms with Crippen molar-refractivity contribution in [2.75, 3.05) is 6.54 Å². The highest BCUT2D eigenvalue weighted by atomic mass is 15.0. The van der Waals surface area contributed by atoms with Gasteiger partial charge in [-0.25, -0.2) is 4.58 Å². The van der Waals surface area contributed by atoms with Crippen LogP contribution in [0.25, 0.3) is 0 Å². The number of nitrogens with zero attached hydrogens (tertiary/aromatic N) is 1. The Labute approximate surface area is 79.7 Å². The summed E-state index contributed by atoms with van der Waals surface area (Å²) in [7, 11) is 0. The van der Waals surface area contributed by atoms with E-state index in [0.717, 1.165) is 0 Å². The standard InChI is InChI=1S/C12H16N/c1-11-7-5-6-10-13(11)12-8-3-2-4-9-12/h2-4,8-9H,5-7,10H2,1H3/q+1. The van der Waals surface area contributed by atoms with Gasteiger partial charge < -0.3 is 0 Å². The number of benzene rings is 1. The number of para-hydroxylation sites is 1. The molecule has 68 valence electrons. The summed E-state index contributed by atoms with van der Waals surface area (Å²) < 4.78 is 2.43. The second-order valence-electron chi connectivity index (χ2n) is 3.68. The van der Waals surface area contributed by atoms with Crippen molar-refractivity contribution >= 4 is 11.4 Å². The van der Waals surface area contributed by atoms with Gasteiger partial charge in [-0.1, -0.05) is 18.2 Å². The van der Waals surface area contributed by atoms with E-state index in [0.29, 0.717) is 0 Å². The average Bonchev–Trinajstić information content (AvgIpc) is 2.20. The Morgan fingerprint density at radius 2 is 1.85 bits per heavy atom. The second-order valence-corrected chi connectivity index (χ2v) is 3.68. The Morgan fingerprint density at radius 1 is 1.08 bits per heavy atom. The maximum Gasteiger partial charge on any atom is 0.205 e. The first-order valence-electron chi connectivity index (χ1n) is 5.03. The zero-order chi connectivity index (χ0) is 9.10. The molecule has 0 fully saturated rings. The second kappa shape index (κ2) is 3.73. The molecule has 1 aliphatic heterocycles. The van der Waals surface area contributed by atoms with E-state index in [9.17, 15) is 0 Å². The molecule has 1 aliphatic rings. The third kappa shape index (κ3) is 1.80. The van der Waals surface area contributed by atoms with Crippen molar-refractivity contribution in [3.63, 3.8) is 0 Å². The molecule has 0 unspecified atom stereocenters. The van der Waals surface area contributed by atoms with Crippen LogP contribution in [0, 0.1) is 0 Å². The monoisotopic (exact) mass is 174 g/mol. The molecular formula is C12H16N+. The molecule has 13 heavy (non-hydrogen) atoms. The van der Waals surface area contributed by atoms with Crippen LogP contribution >= 0.6 is 0 Å². The van der Waals surface area contributed by atoms with Crippen LogP contribution in [-0.2, 0) is 0 Å². The summed E-state index contributed by atoms with van der Waals surface area (Å²) in [5.74, 6) is 0. The fourth-order valence-corrected chi connectivity index (χ4v) is 1.93. The quantitative estimate of drug-likeness (QED) is 0.576. The normalized spacial score (nSPS) is 17.6. The van der Waals surface area contributed by atoms with Crippen molar-refractivity contribution in [3.8, 4) is 0 Å². The average molecular weight is 174 g/mol. The highest BCUT2D eigenvalue weighted by Crippen LogP contribution is 2.16. The molecule has 0 aromatic heterocycles. The van der Waals surface area contributed by atoms with Crippen molar-refractivity contribution in [2.45, 2.75) is 26.2 Å². The first-order valence-corrected chi connectivity index (χ1v) is 5.03. The lowest BCUT2D eigenvalue weighted by molar-refractivity contribution is -0.447. The van der Waals surface area contributed by atoms with Gasteiger partial charge in [0.05, 0.1) is 0 Å². The predicted octanol–water partition coefficient (Wildman–Crippen LogP) is 2.98. The van der Waals surface area contributed by atoms with E-state index in [2.05, 4.69) is 41.8 Å². The SMILES string of the molecule is CC1=[N+](c2ccccc2)CCCC1. The van der Waals surface area contributed by atoms with Crippen LogP contribution < -0.4 is 0 Å². The van der Waals surface area contributed by atoms with Gasteiger partial charge in [0, 0.05) is 31.9 Å². The van der Waals surface area contributed by atoms with Gasteiger partial charge in [-0.15, -0.1) is 0 Å². The summed E-state index contributed by atoms with van der Waals surface area (Å²) in [6.07, 6.45) is 3.94. The molecule has 1 aromatic rings. The molecule has 0 bridgehead atoms. The Hall–Kier alpha value is -1.11. The molecule has 1 heteroatoms. The highest BCUT2D eigenvalue weighted by Gasteiger charge is 2.17. The van der Waals surface area contributed by atoms with E-state index < -0.39 is 0 Å². The van der Waals surface area contributed by atoms with E-state index in [4.69, 9.17) is 0 Å². The minimum atomic E-state index is 1.19. The largest absolute Gasteiger partial charge is 0.205 e. The smallest absolute Gasteiger partial charge is 0.200 e. The van der Waals surface area contributed by atoms with Crippen molar-refractivity contribution in [1.82, 2.24) is 0 Å². The molecule has 0 aliphatic carbocycles. The van der Waals surface area contributed by atoms with E-state index in [1.165, 1.54) is 37.2 Å². The van der Waals surface area contributed by atoms with E-state index in [1.807, 2.05) is 0 Å². The first kappa shape index (κ1) is 8.49. The van der Waals surface area contributed by atoms with E-state index in [1.54, 1.807) is 0 Å². The summed E-state index contributed by atoms with van der Waals surface area (Å²) in [5, 5.41) is 0. The lowest BCUT2D eigenvalue weighted by Crippen LogP contribution is -2.20. The van der Waals surface area contributed by atoms with Gasteiger partial charge in [0.15, 0.2) is 5.71 Å². The molecule has 1 aromatic carbocycles. The summed E-state index contributed by atoms with van der Waals surface area (Å²) in [6, 6.07) is 10.7. The molecule has 2 rings (SSSR count). The van der Waals surface area contributed by atoms with Gasteiger partial charge >= 0.3 is 0 Å². The lowest BCUT2D eigenvalue weighted by atomic mass is 10.1. The van der Waals surface area contributed by atoms with Crippen LogP contribution in [0.15, 0.2) is 30.3 Å². The van der Waals surface area contributed by atoms with Crippen LogP contribution in [0.1, 0.15) is 26.2 Å². The van der Waals surface area contributed by atoms with Crippen molar-refractivity contribution < 1.29 is 4.58 Å². The van der Waals surface area contributed by atoms with E-state index >= 15 is 0 Å². The van der Waals surface area contributed by atoms with Gasteiger partial charge in [-0.2, -0.15) is 0 Å². The van der Waals surface area contributed by atoms with Gasteiger partial charge in [0.2, 0.25) is 5.69 Å². The lowest BCUT2D eigenvalue weighted by Gasteiger charge is -2.11. The maximum atomic E-state index is 2.43. The molecule has 0 amide bonds. The van der Waals surface area contributed by atoms with Crippen molar-refractivity contribution in [1.29, 1.82) is 0 Å². The number of hydrogen-bond donors (Lipinski definition) is 0. The van der Waals surface area contributed by atoms with Crippen LogP contribution in [0.4, 0.5) is 5.69 Å². The minimum Gasteiger partial charge on any atom is -0.200 e. The number of rotatable bonds is 1. The van der Waals surface area contributed by atoms with Gasteiger partial charge in [-0.05, 0) is 6.42 Å². The van der Waals surface area contributed by atoms with Crippen LogP contribution in [-0.4, -0.2) is 16.8 Å². The van der Waals surface area contributed by atoms with Crippen molar-refractivity contribution in [3.05, 3.63) is 30.3 Å². The molecule has 0 radical (unpaired) electrons. The molecule has 1 nitrogen and oxygen atoms in total. The molecule has 0 saturated heterocycles. The fourth-order valence-electron chi connectivity index (χ4n) is 1.93. The Bertz CT molecular complexity index is 311. The van der Waals surface area contributed by atoms with E-state index in [-0.39, 0.29) is 0 Å². The van der Waals surface area contributed by atoms with Crippen LogP contribution in [0.2, 0.25) is 0 Å². The third-order valence-corrected chi connectivity index (χ3v) is 2.70. The molecule has 0 saturated carbocycles. The molecule has 1 heterocycles. The highest BCUT2D eigenvalue weighted by molar-refractivity contribution is 5.78. The summed E-state index contributed by atoms with van der Waals surface area (Å²) >= 11 is 0. The zero-order valence-corrected chi connectivity index (χ0v) is 8.16. The predicted molar refractivity (Wildman–Crippen MR) is 55.8 cm³/mol.